The summed E-state index contributed by atoms with van der Waals surface area (Å²) in [5.41, 5.74) is 0.745. The van der Waals surface area contributed by atoms with E-state index in [1.165, 1.54) is 6.07 Å². The Labute approximate surface area is 122 Å². The van der Waals surface area contributed by atoms with E-state index in [-0.39, 0.29) is 12.2 Å². The van der Waals surface area contributed by atoms with Crippen LogP contribution in [0.15, 0.2) is 12.3 Å². The Bertz CT molecular complexity index is 549. The van der Waals surface area contributed by atoms with Crippen LogP contribution in [0.4, 0.5) is 11.5 Å². The molecule has 0 amide bonds. The van der Waals surface area contributed by atoms with Gasteiger partial charge in [0.15, 0.2) is 0 Å². The molecule has 0 aromatic carbocycles. The van der Waals surface area contributed by atoms with Crippen LogP contribution in [-0.2, 0) is 4.79 Å². The van der Waals surface area contributed by atoms with Gasteiger partial charge in [-0.1, -0.05) is 0 Å². The topological polar surface area (TPSA) is 99.8 Å². The first-order valence-corrected chi connectivity index (χ1v) is 6.77. The number of carboxylic acid groups (broad SMARTS) is 1. The fourth-order valence-corrected chi connectivity index (χ4v) is 2.46. The molecule has 0 radical (unpaired) electrons. The van der Waals surface area contributed by atoms with E-state index in [2.05, 4.69) is 4.98 Å². The first-order valence-electron chi connectivity index (χ1n) is 6.77. The Morgan fingerprint density at radius 2 is 2.19 bits per heavy atom. The molecule has 114 valence electrons. The van der Waals surface area contributed by atoms with Crippen molar-refractivity contribution in [3.8, 4) is 0 Å². The van der Waals surface area contributed by atoms with E-state index in [9.17, 15) is 14.9 Å². The average Bonchev–Trinajstić information content (AvgIpc) is 2.63. The van der Waals surface area contributed by atoms with Gasteiger partial charge < -0.3 is 10.0 Å². The third-order valence-corrected chi connectivity index (χ3v) is 3.43. The highest BCUT2D eigenvalue weighted by molar-refractivity contribution is 5.69. The van der Waals surface area contributed by atoms with Crippen molar-refractivity contribution < 1.29 is 14.8 Å². The minimum atomic E-state index is -0.858. The maximum atomic E-state index is 11.2. The fraction of sp³-hybridized carbons (Fsp3) is 0.538. The third-order valence-electron chi connectivity index (χ3n) is 3.43. The van der Waals surface area contributed by atoms with Crippen LogP contribution >= 0.6 is 0 Å². The number of aliphatic carboxylic acids is 1. The third kappa shape index (κ3) is 3.88. The Balaban J connectivity index is 2.15. The van der Waals surface area contributed by atoms with Crippen LogP contribution in [0.2, 0.25) is 0 Å². The van der Waals surface area contributed by atoms with Crippen molar-refractivity contribution in [3.63, 3.8) is 0 Å². The van der Waals surface area contributed by atoms with E-state index >= 15 is 0 Å². The quantitative estimate of drug-likeness (QED) is 0.650. The standard InChI is InChI=1S/C13H18N4O4/c1-10-7-11(17(20)21)13(14-8-10)16-4-2-3-15(5-6-16)9-12(18)19/h7-8H,2-6,9H2,1H3,(H,18,19). The molecule has 8 heteroatoms. The molecule has 0 saturated carbocycles. The lowest BCUT2D eigenvalue weighted by Crippen LogP contribution is -2.34. The summed E-state index contributed by atoms with van der Waals surface area (Å²) in [6.07, 6.45) is 2.36. The zero-order valence-corrected chi connectivity index (χ0v) is 11.9. The van der Waals surface area contributed by atoms with Gasteiger partial charge >= 0.3 is 11.7 Å². The lowest BCUT2D eigenvalue weighted by atomic mass is 10.2. The number of hydrogen-bond acceptors (Lipinski definition) is 6. The molecule has 0 aliphatic carbocycles. The molecule has 2 rings (SSSR count). The zero-order valence-electron chi connectivity index (χ0n) is 11.9. The van der Waals surface area contributed by atoms with Crippen LogP contribution in [-0.4, -0.2) is 58.6 Å². The predicted octanol–water partition coefficient (Wildman–Crippen LogP) is 0.895. The summed E-state index contributed by atoms with van der Waals surface area (Å²) in [5.74, 6) is -0.495. The molecule has 0 bridgehead atoms. The zero-order chi connectivity index (χ0) is 15.4. The van der Waals surface area contributed by atoms with Gasteiger partial charge in [0.05, 0.1) is 11.5 Å². The number of nitro groups is 1. The number of carbonyl (C=O) groups is 1. The first-order chi connectivity index (χ1) is 9.97. The molecular weight excluding hydrogens is 276 g/mol. The predicted molar refractivity (Wildman–Crippen MR) is 76.5 cm³/mol. The monoisotopic (exact) mass is 294 g/mol. The molecule has 0 unspecified atom stereocenters. The van der Waals surface area contributed by atoms with Gasteiger partial charge in [-0.2, -0.15) is 0 Å². The second-order valence-electron chi connectivity index (χ2n) is 5.12. The van der Waals surface area contributed by atoms with Crippen molar-refractivity contribution in [2.45, 2.75) is 13.3 Å². The number of carboxylic acids is 1. The van der Waals surface area contributed by atoms with E-state index in [1.807, 2.05) is 9.80 Å². The summed E-state index contributed by atoms with van der Waals surface area (Å²) >= 11 is 0. The van der Waals surface area contributed by atoms with E-state index in [4.69, 9.17) is 5.11 Å². The largest absolute Gasteiger partial charge is 0.480 e. The van der Waals surface area contributed by atoms with Crippen molar-refractivity contribution in [1.29, 1.82) is 0 Å². The molecule has 21 heavy (non-hydrogen) atoms. The van der Waals surface area contributed by atoms with Gasteiger partial charge in [0, 0.05) is 38.4 Å². The molecule has 1 aliphatic heterocycles. The van der Waals surface area contributed by atoms with Crippen molar-refractivity contribution in [2.75, 3.05) is 37.6 Å². The summed E-state index contributed by atoms with van der Waals surface area (Å²) in [7, 11) is 0. The number of hydrogen-bond donors (Lipinski definition) is 1. The highest BCUT2D eigenvalue weighted by Gasteiger charge is 2.24. The molecule has 0 atom stereocenters. The smallest absolute Gasteiger partial charge is 0.317 e. The number of aryl methyl sites for hydroxylation is 1. The Morgan fingerprint density at radius 1 is 1.43 bits per heavy atom. The second-order valence-corrected chi connectivity index (χ2v) is 5.12. The number of rotatable bonds is 4. The van der Waals surface area contributed by atoms with Gasteiger partial charge in [-0.3, -0.25) is 19.8 Å². The van der Waals surface area contributed by atoms with Crippen LogP contribution in [0.25, 0.3) is 0 Å². The minimum absolute atomic E-state index is 0.00156. The van der Waals surface area contributed by atoms with Gasteiger partial charge in [0.25, 0.3) is 0 Å². The van der Waals surface area contributed by atoms with E-state index in [0.717, 1.165) is 12.0 Å². The Morgan fingerprint density at radius 3 is 2.86 bits per heavy atom. The average molecular weight is 294 g/mol. The second kappa shape index (κ2) is 6.49. The molecule has 1 N–H and O–H groups in total. The minimum Gasteiger partial charge on any atom is -0.480 e. The summed E-state index contributed by atoms with van der Waals surface area (Å²) in [5, 5.41) is 20.0. The maximum Gasteiger partial charge on any atom is 0.317 e. The summed E-state index contributed by atoms with van der Waals surface area (Å²) in [6, 6.07) is 1.52. The Kier molecular flexibility index (Phi) is 4.69. The normalized spacial score (nSPS) is 16.5. The van der Waals surface area contributed by atoms with Gasteiger partial charge in [-0.05, 0) is 18.9 Å². The molecule has 1 fully saturated rings. The van der Waals surface area contributed by atoms with Gasteiger partial charge in [0.1, 0.15) is 0 Å². The highest BCUT2D eigenvalue weighted by atomic mass is 16.6. The number of anilines is 1. The number of pyridine rings is 1. The van der Waals surface area contributed by atoms with Crippen molar-refractivity contribution in [1.82, 2.24) is 9.88 Å². The molecular formula is C13H18N4O4. The van der Waals surface area contributed by atoms with Crippen LogP contribution in [0, 0.1) is 17.0 Å². The summed E-state index contributed by atoms with van der Waals surface area (Å²) in [4.78, 5) is 29.4. The van der Waals surface area contributed by atoms with Gasteiger partial charge in [-0.25, -0.2) is 4.98 Å². The van der Waals surface area contributed by atoms with Crippen LogP contribution in [0.3, 0.4) is 0 Å². The van der Waals surface area contributed by atoms with Crippen LogP contribution in [0.1, 0.15) is 12.0 Å². The SMILES string of the molecule is Cc1cnc(N2CCCN(CC(=O)O)CC2)c([N+](=O)[O-])c1. The summed E-state index contributed by atoms with van der Waals surface area (Å²) in [6.45, 7) is 4.15. The molecule has 1 aromatic heterocycles. The van der Waals surface area contributed by atoms with E-state index in [1.54, 1.807) is 13.1 Å². The summed E-state index contributed by atoms with van der Waals surface area (Å²) < 4.78 is 0. The number of nitrogens with zero attached hydrogens (tertiary/aromatic N) is 4. The lowest BCUT2D eigenvalue weighted by molar-refractivity contribution is -0.384. The Hall–Kier alpha value is -2.22. The number of aromatic nitrogens is 1. The van der Waals surface area contributed by atoms with Crippen molar-refractivity contribution in [3.05, 3.63) is 27.9 Å². The fourth-order valence-electron chi connectivity index (χ4n) is 2.46. The molecule has 2 heterocycles. The molecule has 0 spiro atoms. The van der Waals surface area contributed by atoms with Crippen LogP contribution < -0.4 is 4.90 Å². The van der Waals surface area contributed by atoms with Crippen molar-refractivity contribution >= 4 is 17.5 Å². The molecule has 8 nitrogen and oxygen atoms in total. The van der Waals surface area contributed by atoms with Crippen molar-refractivity contribution in [2.24, 2.45) is 0 Å². The van der Waals surface area contributed by atoms with Gasteiger partial charge in [-0.15, -0.1) is 0 Å². The van der Waals surface area contributed by atoms with Crippen LogP contribution in [0.5, 0.6) is 0 Å². The lowest BCUT2D eigenvalue weighted by Gasteiger charge is -2.21. The van der Waals surface area contributed by atoms with E-state index in [0.29, 0.717) is 32.0 Å². The van der Waals surface area contributed by atoms with Gasteiger partial charge in [0.2, 0.25) is 5.82 Å². The van der Waals surface area contributed by atoms with E-state index < -0.39 is 10.9 Å². The highest BCUT2D eigenvalue weighted by Crippen LogP contribution is 2.27. The molecule has 1 aliphatic rings. The molecule has 1 saturated heterocycles. The first kappa shape index (κ1) is 15.2. The maximum absolute atomic E-state index is 11.2. The molecule has 1 aromatic rings.